The number of benzene rings is 1. The summed E-state index contributed by atoms with van der Waals surface area (Å²) in [6, 6.07) is 12.5. The van der Waals surface area contributed by atoms with Gasteiger partial charge < -0.3 is 4.90 Å². The fourth-order valence-corrected chi connectivity index (χ4v) is 3.13. The topological polar surface area (TPSA) is 44.1 Å². The summed E-state index contributed by atoms with van der Waals surface area (Å²) in [6.07, 6.45) is 2.88. The number of amides is 1. The molecule has 1 heterocycles. The van der Waals surface area contributed by atoms with Crippen LogP contribution in [-0.4, -0.2) is 23.4 Å². The Morgan fingerprint density at radius 3 is 2.59 bits per heavy atom. The zero-order chi connectivity index (χ0) is 11.9. The van der Waals surface area contributed by atoms with Crippen LogP contribution in [0.1, 0.15) is 24.3 Å². The molecule has 17 heavy (non-hydrogen) atoms. The summed E-state index contributed by atoms with van der Waals surface area (Å²) in [4.78, 5) is 13.0. The van der Waals surface area contributed by atoms with Crippen LogP contribution in [0.15, 0.2) is 30.3 Å². The molecule has 1 aliphatic carbocycles. The van der Waals surface area contributed by atoms with Crippen LogP contribution in [0.4, 0.5) is 0 Å². The summed E-state index contributed by atoms with van der Waals surface area (Å²) in [5, 5.41) is 9.39. The number of nitriles is 1. The van der Waals surface area contributed by atoms with Crippen molar-refractivity contribution in [1.82, 2.24) is 4.90 Å². The minimum Gasteiger partial charge on any atom is -0.338 e. The van der Waals surface area contributed by atoms with Crippen molar-refractivity contribution >= 4 is 6.41 Å². The van der Waals surface area contributed by atoms with Gasteiger partial charge in [-0.15, -0.1) is 0 Å². The zero-order valence-electron chi connectivity index (χ0n) is 9.54. The van der Waals surface area contributed by atoms with Crippen molar-refractivity contribution in [1.29, 1.82) is 5.26 Å². The Labute approximate surface area is 101 Å². The molecule has 2 atom stereocenters. The average molecular weight is 226 g/mol. The first kappa shape index (κ1) is 10.3. The second-order valence-corrected chi connectivity index (χ2v) is 4.99. The molecular weight excluding hydrogens is 212 g/mol. The van der Waals surface area contributed by atoms with Gasteiger partial charge in [-0.05, 0) is 18.4 Å². The maximum Gasteiger partial charge on any atom is 0.210 e. The van der Waals surface area contributed by atoms with Crippen LogP contribution in [0.5, 0.6) is 0 Å². The van der Waals surface area contributed by atoms with E-state index in [0.717, 1.165) is 19.3 Å². The van der Waals surface area contributed by atoms with Gasteiger partial charge in [-0.2, -0.15) is 5.26 Å². The minimum absolute atomic E-state index is 0.0462. The molecule has 1 spiro atoms. The van der Waals surface area contributed by atoms with Crippen molar-refractivity contribution in [3.8, 4) is 6.07 Å². The largest absolute Gasteiger partial charge is 0.338 e. The Kier molecular flexibility index (Phi) is 2.19. The van der Waals surface area contributed by atoms with Gasteiger partial charge in [0.1, 0.15) is 0 Å². The lowest BCUT2D eigenvalue weighted by Crippen LogP contribution is -2.33. The molecule has 1 amide bonds. The van der Waals surface area contributed by atoms with Gasteiger partial charge in [0.05, 0.1) is 17.5 Å². The van der Waals surface area contributed by atoms with Crippen LogP contribution in [0.2, 0.25) is 0 Å². The highest BCUT2D eigenvalue weighted by molar-refractivity contribution is 5.54. The van der Waals surface area contributed by atoms with Gasteiger partial charge in [-0.3, -0.25) is 4.79 Å². The van der Waals surface area contributed by atoms with Gasteiger partial charge in [-0.25, -0.2) is 0 Å². The lowest BCUT2D eigenvalue weighted by atomic mass is 9.85. The fourth-order valence-electron chi connectivity index (χ4n) is 3.13. The van der Waals surface area contributed by atoms with Crippen LogP contribution < -0.4 is 0 Å². The van der Waals surface area contributed by atoms with Crippen LogP contribution in [0.25, 0.3) is 0 Å². The van der Waals surface area contributed by atoms with Gasteiger partial charge in [0, 0.05) is 12.5 Å². The Morgan fingerprint density at radius 1 is 1.35 bits per heavy atom. The second-order valence-electron chi connectivity index (χ2n) is 4.99. The van der Waals surface area contributed by atoms with Gasteiger partial charge in [0.15, 0.2) is 0 Å². The fraction of sp³-hybridized carbons (Fsp3) is 0.429. The van der Waals surface area contributed by atoms with E-state index >= 15 is 0 Å². The molecule has 1 aliphatic heterocycles. The number of hydrogen-bond donors (Lipinski definition) is 0. The van der Waals surface area contributed by atoms with Crippen LogP contribution in [0.3, 0.4) is 0 Å². The highest BCUT2D eigenvalue weighted by atomic mass is 16.1. The Hall–Kier alpha value is -1.82. The van der Waals surface area contributed by atoms with E-state index in [-0.39, 0.29) is 17.4 Å². The number of hydrogen-bond acceptors (Lipinski definition) is 2. The predicted octanol–water partition coefficient (Wildman–Crippen LogP) is 1.91. The van der Waals surface area contributed by atoms with E-state index in [1.807, 2.05) is 23.1 Å². The van der Waals surface area contributed by atoms with Crippen molar-refractivity contribution in [3.63, 3.8) is 0 Å². The van der Waals surface area contributed by atoms with Gasteiger partial charge in [0.25, 0.3) is 0 Å². The molecule has 3 heteroatoms. The summed E-state index contributed by atoms with van der Waals surface area (Å²) in [5.74, 6) is 0.129. The van der Waals surface area contributed by atoms with Crippen molar-refractivity contribution in [2.24, 2.45) is 5.92 Å². The number of carbonyl (C=O) groups excluding carboxylic acids is 1. The van der Waals surface area contributed by atoms with E-state index in [0.29, 0.717) is 6.54 Å². The van der Waals surface area contributed by atoms with E-state index < -0.39 is 0 Å². The lowest BCUT2D eigenvalue weighted by Gasteiger charge is -2.20. The van der Waals surface area contributed by atoms with Crippen LogP contribution in [-0.2, 0) is 4.79 Å². The highest BCUT2D eigenvalue weighted by Crippen LogP contribution is 2.56. The van der Waals surface area contributed by atoms with E-state index in [1.165, 1.54) is 5.56 Å². The van der Waals surface area contributed by atoms with E-state index in [9.17, 15) is 10.1 Å². The maximum atomic E-state index is 11.1. The third-order valence-electron chi connectivity index (χ3n) is 4.20. The molecule has 2 aliphatic rings. The van der Waals surface area contributed by atoms with Gasteiger partial charge >= 0.3 is 0 Å². The molecule has 1 saturated heterocycles. The summed E-state index contributed by atoms with van der Waals surface area (Å²) in [6.45, 7) is 0.686. The first-order valence-electron chi connectivity index (χ1n) is 5.98. The van der Waals surface area contributed by atoms with Gasteiger partial charge in [0.2, 0.25) is 6.41 Å². The standard InChI is InChI=1S/C14H14N2O/c15-8-13-12(11-4-2-1-3-5-11)9-16(10-17)14(13)6-7-14/h1-5,10,12-13H,6-7,9H2. The van der Waals surface area contributed by atoms with Crippen LogP contribution in [0, 0.1) is 17.2 Å². The highest BCUT2D eigenvalue weighted by Gasteiger charge is 2.61. The molecule has 0 aromatic heterocycles. The predicted molar refractivity (Wildman–Crippen MR) is 63.0 cm³/mol. The van der Waals surface area contributed by atoms with Crippen molar-refractivity contribution < 1.29 is 4.79 Å². The summed E-state index contributed by atoms with van der Waals surface area (Å²) in [7, 11) is 0. The molecule has 3 nitrogen and oxygen atoms in total. The van der Waals surface area contributed by atoms with Gasteiger partial charge in [-0.1, -0.05) is 30.3 Å². The quantitative estimate of drug-likeness (QED) is 0.723. The molecule has 2 unspecified atom stereocenters. The normalized spacial score (nSPS) is 29.0. The summed E-state index contributed by atoms with van der Waals surface area (Å²) >= 11 is 0. The smallest absolute Gasteiger partial charge is 0.210 e. The van der Waals surface area contributed by atoms with Crippen molar-refractivity contribution in [3.05, 3.63) is 35.9 Å². The molecule has 0 bridgehead atoms. The summed E-state index contributed by atoms with van der Waals surface area (Å²) in [5.41, 5.74) is 1.03. The lowest BCUT2D eigenvalue weighted by molar-refractivity contribution is -0.119. The molecule has 86 valence electrons. The maximum absolute atomic E-state index is 11.1. The monoisotopic (exact) mass is 226 g/mol. The molecule has 1 saturated carbocycles. The van der Waals surface area contributed by atoms with Crippen molar-refractivity contribution in [2.45, 2.75) is 24.3 Å². The SMILES string of the molecule is N#CC1C(c2ccccc2)CN(C=O)C12CC2. The molecule has 3 rings (SSSR count). The third-order valence-corrected chi connectivity index (χ3v) is 4.20. The molecule has 0 radical (unpaired) electrons. The Morgan fingerprint density at radius 2 is 2.06 bits per heavy atom. The number of rotatable bonds is 2. The minimum atomic E-state index is -0.142. The van der Waals surface area contributed by atoms with Crippen molar-refractivity contribution in [2.75, 3.05) is 6.54 Å². The molecule has 2 fully saturated rings. The first-order valence-corrected chi connectivity index (χ1v) is 5.98. The molecule has 1 aromatic rings. The van der Waals surface area contributed by atoms with E-state index in [2.05, 4.69) is 18.2 Å². The Bertz CT molecular complexity index is 473. The molecule has 1 aromatic carbocycles. The third kappa shape index (κ3) is 1.37. The second kappa shape index (κ2) is 3.59. The number of likely N-dealkylation sites (tertiary alicyclic amines) is 1. The number of nitrogens with zero attached hydrogens (tertiary/aromatic N) is 2. The first-order chi connectivity index (χ1) is 8.31. The molecule has 0 N–H and O–H groups in total. The Balaban J connectivity index is 1.97. The molecular formula is C14H14N2O. The number of carbonyl (C=O) groups is 1. The average Bonchev–Trinajstić information content (AvgIpc) is 3.08. The van der Waals surface area contributed by atoms with E-state index in [4.69, 9.17) is 0 Å². The zero-order valence-corrected chi connectivity index (χ0v) is 9.54. The summed E-state index contributed by atoms with van der Waals surface area (Å²) < 4.78 is 0. The van der Waals surface area contributed by atoms with Crippen LogP contribution >= 0.6 is 0 Å². The van der Waals surface area contributed by atoms with E-state index in [1.54, 1.807) is 0 Å².